The van der Waals surface area contributed by atoms with E-state index in [2.05, 4.69) is 31.3 Å². The Kier molecular flexibility index (Phi) is 65.7. The number of allylic oxidation sites excluding steroid dienone is 3. The quantitative estimate of drug-likeness (QED) is 0.0204. The van der Waals surface area contributed by atoms with Crippen molar-refractivity contribution < 1.29 is 64.6 Å². The van der Waals surface area contributed by atoms with Crippen LogP contribution in [-0.2, 0) is 23.7 Å². The van der Waals surface area contributed by atoms with Crippen LogP contribution in [0.1, 0.15) is 418 Å². The molecule has 2 saturated heterocycles. The maximum Gasteiger partial charge on any atom is 0.220 e. The Morgan fingerprint density at radius 1 is 0.354 bits per heavy atom. The number of hydrogen-bond acceptors (Lipinski definition) is 13. The minimum Gasteiger partial charge on any atom is -0.394 e. The highest BCUT2D eigenvalue weighted by Gasteiger charge is 2.51. The molecule has 0 spiro atoms. The predicted molar refractivity (Wildman–Crippen MR) is 411 cm³/mol. The van der Waals surface area contributed by atoms with Crippen LogP contribution >= 0.6 is 0 Å². The zero-order valence-electron chi connectivity index (χ0n) is 64.5. The Hall–Kier alpha value is -1.53. The summed E-state index contributed by atoms with van der Waals surface area (Å²) in [5, 5.41) is 87.8. The van der Waals surface area contributed by atoms with Gasteiger partial charge in [0.15, 0.2) is 12.6 Å². The monoisotopic (exact) mass is 1410 g/mol. The third-order valence-corrected chi connectivity index (χ3v) is 21.4. The normalized spacial score (nSPS) is 22.0. The minimum atomic E-state index is -1.79. The van der Waals surface area contributed by atoms with Gasteiger partial charge in [0.05, 0.1) is 32.0 Å². The van der Waals surface area contributed by atoms with Crippen LogP contribution in [0.3, 0.4) is 0 Å². The van der Waals surface area contributed by atoms with Crippen LogP contribution in [-0.4, -0.2) is 140 Å². The van der Waals surface area contributed by atoms with Crippen LogP contribution < -0.4 is 5.32 Å². The smallest absolute Gasteiger partial charge is 0.220 e. The highest BCUT2D eigenvalue weighted by atomic mass is 16.7. The third kappa shape index (κ3) is 52.2. The fourth-order valence-corrected chi connectivity index (χ4v) is 14.6. The van der Waals surface area contributed by atoms with Gasteiger partial charge in [-0.2, -0.15) is 0 Å². The molecule has 0 radical (unpaired) electrons. The number of nitrogens with one attached hydrogen (secondary N) is 1. The molecule has 0 aromatic carbocycles. The molecule has 99 heavy (non-hydrogen) atoms. The summed E-state index contributed by atoms with van der Waals surface area (Å²) in [6.07, 6.45) is 74.3. The van der Waals surface area contributed by atoms with Gasteiger partial charge in [-0.1, -0.05) is 391 Å². The van der Waals surface area contributed by atoms with E-state index < -0.39 is 86.8 Å². The summed E-state index contributed by atoms with van der Waals surface area (Å²) in [5.74, 6) is -0.229. The first-order valence-corrected chi connectivity index (χ1v) is 43.1. The Labute approximate surface area is 609 Å². The standard InChI is InChI=1S/C85H163NO13/c1-3-5-7-9-11-13-15-17-19-21-23-25-27-29-31-32-33-34-35-36-37-38-39-40-41-42-43-45-47-49-51-53-55-57-59-61-63-65-67-69-77(90)86-73(72-96-84-82(95)80(93)83(76(71-88)98-84)99-85-81(94)79(92)78(91)75(70-87)97-85)74(89)68-66-64-62-60-58-56-54-52-50-48-46-44-30-28-26-24-22-20-18-16-14-12-10-8-6-4-2/h21,23,66,68,73-76,78-85,87-89,91-95H,3-20,22,24-65,67,69-72H2,1-2H3,(H,86,90)/b23-21-,68-66+. The first kappa shape index (κ1) is 93.6. The van der Waals surface area contributed by atoms with Crippen LogP contribution in [0.4, 0.5) is 0 Å². The number of rotatable bonds is 74. The van der Waals surface area contributed by atoms with E-state index in [1.807, 2.05) is 6.08 Å². The fourth-order valence-electron chi connectivity index (χ4n) is 14.6. The molecule has 2 rings (SSSR count). The van der Waals surface area contributed by atoms with Gasteiger partial charge in [-0.25, -0.2) is 0 Å². The molecule has 12 unspecified atom stereocenters. The van der Waals surface area contributed by atoms with E-state index in [1.165, 1.54) is 353 Å². The van der Waals surface area contributed by atoms with Crippen molar-refractivity contribution in [3.05, 3.63) is 24.3 Å². The number of carbonyl (C=O) groups is 1. The Bertz CT molecular complexity index is 1760. The number of amides is 1. The van der Waals surface area contributed by atoms with Gasteiger partial charge in [-0.15, -0.1) is 0 Å². The van der Waals surface area contributed by atoms with Gasteiger partial charge in [-0.05, 0) is 44.9 Å². The Morgan fingerprint density at radius 3 is 0.960 bits per heavy atom. The van der Waals surface area contributed by atoms with E-state index >= 15 is 0 Å². The molecule has 12 atom stereocenters. The van der Waals surface area contributed by atoms with Crippen LogP contribution in [0, 0.1) is 0 Å². The van der Waals surface area contributed by atoms with Crippen molar-refractivity contribution in [2.75, 3.05) is 19.8 Å². The molecular weight excluding hydrogens is 1240 g/mol. The topological polar surface area (TPSA) is 228 Å². The lowest BCUT2D eigenvalue weighted by atomic mass is 9.97. The number of unbranched alkanes of at least 4 members (excludes halogenated alkanes) is 59. The van der Waals surface area contributed by atoms with E-state index in [0.29, 0.717) is 6.42 Å². The summed E-state index contributed by atoms with van der Waals surface area (Å²) in [6.45, 7) is 2.88. The lowest BCUT2D eigenvalue weighted by molar-refractivity contribution is -0.359. The molecule has 0 saturated carbocycles. The fraction of sp³-hybridized carbons (Fsp3) is 0.941. The summed E-state index contributed by atoms with van der Waals surface area (Å²) in [7, 11) is 0. The molecule has 2 fully saturated rings. The van der Waals surface area contributed by atoms with Gasteiger partial charge in [0.1, 0.15) is 48.8 Å². The number of ether oxygens (including phenoxy) is 4. The Morgan fingerprint density at radius 2 is 0.636 bits per heavy atom. The zero-order valence-corrected chi connectivity index (χ0v) is 64.5. The molecule has 0 aliphatic carbocycles. The average Bonchev–Trinajstić information content (AvgIpc) is 0.794. The van der Waals surface area contributed by atoms with Gasteiger partial charge in [-0.3, -0.25) is 4.79 Å². The minimum absolute atomic E-state index is 0.229. The first-order chi connectivity index (χ1) is 48.6. The second-order valence-electron chi connectivity index (χ2n) is 30.7. The summed E-state index contributed by atoms with van der Waals surface area (Å²) < 4.78 is 22.9. The highest BCUT2D eigenvalue weighted by molar-refractivity contribution is 5.76. The number of carbonyl (C=O) groups excluding carboxylic acids is 1. The summed E-state index contributed by atoms with van der Waals surface area (Å²) >= 11 is 0. The largest absolute Gasteiger partial charge is 0.394 e. The average molecular weight is 1410 g/mol. The van der Waals surface area contributed by atoms with E-state index in [0.717, 1.165) is 38.5 Å². The van der Waals surface area contributed by atoms with E-state index in [4.69, 9.17) is 18.9 Å². The maximum absolute atomic E-state index is 13.4. The van der Waals surface area contributed by atoms with Crippen molar-refractivity contribution in [3.8, 4) is 0 Å². The molecule has 2 heterocycles. The predicted octanol–water partition coefficient (Wildman–Crippen LogP) is 20.2. The van der Waals surface area contributed by atoms with Gasteiger partial charge in [0.2, 0.25) is 5.91 Å². The Balaban J connectivity index is 1.56. The van der Waals surface area contributed by atoms with Gasteiger partial charge >= 0.3 is 0 Å². The van der Waals surface area contributed by atoms with Gasteiger partial charge in [0, 0.05) is 6.42 Å². The molecule has 586 valence electrons. The first-order valence-electron chi connectivity index (χ1n) is 43.1. The maximum atomic E-state index is 13.4. The molecule has 1 amide bonds. The van der Waals surface area contributed by atoms with Gasteiger partial charge < -0.3 is 65.1 Å². The van der Waals surface area contributed by atoms with Gasteiger partial charge in [0.25, 0.3) is 0 Å². The SMILES string of the molecule is CCCCCCCCCC/C=C\CCCCCCCCCCCCCCCCCCCCCCCCCCCCCC(=O)NC(COC1OC(CO)C(OC2OC(CO)C(O)C(O)C2O)C(O)C1O)C(O)/C=C/CCCCCCCCCCCCCCCCCCCCCCCCCC. The molecule has 0 bridgehead atoms. The highest BCUT2D eigenvalue weighted by Crippen LogP contribution is 2.31. The lowest BCUT2D eigenvalue weighted by Crippen LogP contribution is -2.65. The second kappa shape index (κ2) is 69.5. The van der Waals surface area contributed by atoms with Crippen molar-refractivity contribution in [2.24, 2.45) is 0 Å². The molecule has 2 aliphatic rings. The van der Waals surface area contributed by atoms with Crippen molar-refractivity contribution in [1.29, 1.82) is 0 Å². The molecule has 14 nitrogen and oxygen atoms in total. The molecule has 9 N–H and O–H groups in total. The van der Waals surface area contributed by atoms with Crippen molar-refractivity contribution in [1.82, 2.24) is 5.32 Å². The van der Waals surface area contributed by atoms with Crippen molar-refractivity contribution >= 4 is 5.91 Å². The number of hydrogen-bond donors (Lipinski definition) is 9. The van der Waals surface area contributed by atoms with E-state index in [9.17, 15) is 45.6 Å². The number of aliphatic hydroxyl groups is 8. The van der Waals surface area contributed by atoms with E-state index in [-0.39, 0.29) is 18.9 Å². The van der Waals surface area contributed by atoms with Crippen LogP contribution in [0.25, 0.3) is 0 Å². The molecular formula is C85H163NO13. The van der Waals surface area contributed by atoms with Crippen LogP contribution in [0.2, 0.25) is 0 Å². The second-order valence-corrected chi connectivity index (χ2v) is 30.7. The molecule has 14 heteroatoms. The van der Waals surface area contributed by atoms with E-state index in [1.54, 1.807) is 6.08 Å². The molecule has 2 aliphatic heterocycles. The lowest BCUT2D eigenvalue weighted by Gasteiger charge is -2.46. The summed E-state index contributed by atoms with van der Waals surface area (Å²) in [6, 6.07) is -0.914. The number of aliphatic hydroxyl groups excluding tert-OH is 8. The van der Waals surface area contributed by atoms with Crippen molar-refractivity contribution in [3.63, 3.8) is 0 Å². The third-order valence-electron chi connectivity index (χ3n) is 21.4. The molecule has 0 aromatic heterocycles. The summed E-state index contributed by atoms with van der Waals surface area (Å²) in [5.41, 5.74) is 0. The van der Waals surface area contributed by atoms with Crippen LogP contribution in [0.15, 0.2) is 24.3 Å². The van der Waals surface area contributed by atoms with Crippen LogP contribution in [0.5, 0.6) is 0 Å². The molecule has 0 aromatic rings. The van der Waals surface area contributed by atoms with Crippen molar-refractivity contribution in [2.45, 2.75) is 492 Å². The zero-order chi connectivity index (χ0) is 71.5. The summed E-state index contributed by atoms with van der Waals surface area (Å²) in [4.78, 5) is 13.4.